The molecule has 38 heavy (non-hydrogen) atoms. The van der Waals surface area contributed by atoms with Crippen molar-refractivity contribution in [3.8, 4) is 11.5 Å². The van der Waals surface area contributed by atoms with Crippen molar-refractivity contribution >= 4 is 38.9 Å². The summed E-state index contributed by atoms with van der Waals surface area (Å²) in [6.45, 7) is 8.00. The predicted molar refractivity (Wildman–Crippen MR) is 145 cm³/mol. The van der Waals surface area contributed by atoms with Crippen molar-refractivity contribution in [3.63, 3.8) is 0 Å². The van der Waals surface area contributed by atoms with Gasteiger partial charge in [-0.2, -0.15) is 4.31 Å². The standard InChI is InChI=1S/C26H34ClN3O7S/c1-18(2)17-37-25-21(27)14-19(15-24(25)34-3)26(31)28-22-16-20(38(32,33)30-8-12-36-13-9-30)4-5-23(22)29-6-10-35-11-7-29/h4-5,14-16,18H,6-13,17H2,1-3H3,(H,28,31). The fourth-order valence-electron chi connectivity index (χ4n) is 4.23. The summed E-state index contributed by atoms with van der Waals surface area (Å²) in [6, 6.07) is 7.88. The minimum Gasteiger partial charge on any atom is -0.493 e. The second kappa shape index (κ2) is 12.5. The highest BCUT2D eigenvalue weighted by Crippen LogP contribution is 2.37. The molecule has 1 amide bonds. The first-order chi connectivity index (χ1) is 18.2. The number of anilines is 2. The molecule has 2 aliphatic rings. The Bertz CT molecular complexity index is 1240. The Labute approximate surface area is 228 Å². The quantitative estimate of drug-likeness (QED) is 0.491. The molecule has 0 saturated carbocycles. The van der Waals surface area contributed by atoms with Crippen LogP contribution in [-0.4, -0.2) is 85.0 Å². The Kier molecular flexibility index (Phi) is 9.37. The summed E-state index contributed by atoms with van der Waals surface area (Å²) in [5.74, 6) is 0.516. The number of hydrogen-bond acceptors (Lipinski definition) is 8. The molecule has 10 nitrogen and oxygen atoms in total. The molecule has 2 aromatic rings. The number of methoxy groups -OCH3 is 1. The SMILES string of the molecule is COc1cc(C(=O)Nc2cc(S(=O)(=O)N3CCOCC3)ccc2N2CCOCC2)cc(Cl)c1OCC(C)C. The third kappa shape index (κ3) is 6.52. The van der Waals surface area contributed by atoms with E-state index in [1.165, 1.54) is 23.5 Å². The highest BCUT2D eigenvalue weighted by atomic mass is 35.5. The molecule has 2 aromatic carbocycles. The molecule has 0 aliphatic carbocycles. The third-order valence-electron chi connectivity index (χ3n) is 6.23. The molecule has 2 heterocycles. The Morgan fingerprint density at radius 1 is 1.05 bits per heavy atom. The van der Waals surface area contributed by atoms with E-state index in [2.05, 4.69) is 10.2 Å². The average molecular weight is 568 g/mol. The zero-order valence-corrected chi connectivity index (χ0v) is 23.4. The van der Waals surface area contributed by atoms with Gasteiger partial charge in [-0.25, -0.2) is 8.42 Å². The number of amides is 1. The van der Waals surface area contributed by atoms with Crippen LogP contribution in [0.1, 0.15) is 24.2 Å². The van der Waals surface area contributed by atoms with Crippen LogP contribution in [0.15, 0.2) is 35.2 Å². The fraction of sp³-hybridized carbons (Fsp3) is 0.500. The van der Waals surface area contributed by atoms with E-state index in [4.69, 9.17) is 30.5 Å². The molecule has 0 unspecified atom stereocenters. The average Bonchev–Trinajstić information content (AvgIpc) is 2.92. The summed E-state index contributed by atoms with van der Waals surface area (Å²) in [6.07, 6.45) is 0. The van der Waals surface area contributed by atoms with E-state index >= 15 is 0 Å². The summed E-state index contributed by atoms with van der Waals surface area (Å²) < 4.78 is 50.1. The van der Waals surface area contributed by atoms with Crippen molar-refractivity contribution in [1.82, 2.24) is 4.31 Å². The maximum absolute atomic E-state index is 13.4. The van der Waals surface area contributed by atoms with Crippen LogP contribution >= 0.6 is 11.6 Å². The van der Waals surface area contributed by atoms with Gasteiger partial charge in [-0.3, -0.25) is 4.79 Å². The number of carbonyl (C=O) groups is 1. The number of benzene rings is 2. The first-order valence-electron chi connectivity index (χ1n) is 12.6. The summed E-state index contributed by atoms with van der Waals surface area (Å²) in [5, 5.41) is 3.15. The summed E-state index contributed by atoms with van der Waals surface area (Å²) in [4.78, 5) is 15.6. The maximum Gasteiger partial charge on any atom is 0.255 e. The highest BCUT2D eigenvalue weighted by Gasteiger charge is 2.28. The van der Waals surface area contributed by atoms with Crippen LogP contribution in [0.5, 0.6) is 11.5 Å². The van der Waals surface area contributed by atoms with Crippen LogP contribution in [0.25, 0.3) is 0 Å². The van der Waals surface area contributed by atoms with E-state index in [1.54, 1.807) is 18.2 Å². The molecule has 1 N–H and O–H groups in total. The molecule has 2 saturated heterocycles. The lowest BCUT2D eigenvalue weighted by Gasteiger charge is -2.31. The summed E-state index contributed by atoms with van der Waals surface area (Å²) in [5.41, 5.74) is 1.33. The van der Waals surface area contributed by atoms with Crippen LogP contribution < -0.4 is 19.7 Å². The lowest BCUT2D eigenvalue weighted by molar-refractivity contribution is 0.0730. The topological polar surface area (TPSA) is 107 Å². The molecule has 2 fully saturated rings. The van der Waals surface area contributed by atoms with Gasteiger partial charge in [0.15, 0.2) is 11.5 Å². The van der Waals surface area contributed by atoms with E-state index in [9.17, 15) is 13.2 Å². The number of morpholine rings is 2. The predicted octanol–water partition coefficient (Wildman–Crippen LogP) is 3.49. The maximum atomic E-state index is 13.4. The molecular weight excluding hydrogens is 534 g/mol. The molecule has 208 valence electrons. The van der Waals surface area contributed by atoms with Gasteiger partial charge in [0, 0.05) is 31.7 Å². The van der Waals surface area contributed by atoms with Crippen molar-refractivity contribution in [2.24, 2.45) is 5.92 Å². The van der Waals surface area contributed by atoms with Gasteiger partial charge < -0.3 is 29.2 Å². The Morgan fingerprint density at radius 3 is 2.34 bits per heavy atom. The molecule has 0 aromatic heterocycles. The number of nitrogens with zero attached hydrogens (tertiary/aromatic N) is 2. The Hall–Kier alpha value is -2.57. The van der Waals surface area contributed by atoms with Gasteiger partial charge >= 0.3 is 0 Å². The summed E-state index contributed by atoms with van der Waals surface area (Å²) >= 11 is 6.47. The largest absolute Gasteiger partial charge is 0.493 e. The monoisotopic (exact) mass is 567 g/mol. The van der Waals surface area contributed by atoms with Gasteiger partial charge in [-0.05, 0) is 36.2 Å². The van der Waals surface area contributed by atoms with Crippen LogP contribution in [0.2, 0.25) is 5.02 Å². The number of sulfonamides is 1. The lowest BCUT2D eigenvalue weighted by atomic mass is 10.1. The fourth-order valence-corrected chi connectivity index (χ4v) is 5.93. The minimum atomic E-state index is -3.77. The van der Waals surface area contributed by atoms with Gasteiger partial charge in [0.2, 0.25) is 10.0 Å². The highest BCUT2D eigenvalue weighted by molar-refractivity contribution is 7.89. The van der Waals surface area contributed by atoms with E-state index in [1.807, 2.05) is 13.8 Å². The smallest absolute Gasteiger partial charge is 0.255 e. The van der Waals surface area contributed by atoms with Crippen LogP contribution in [0.4, 0.5) is 11.4 Å². The van der Waals surface area contributed by atoms with E-state index < -0.39 is 15.9 Å². The number of hydrogen-bond donors (Lipinski definition) is 1. The van der Waals surface area contributed by atoms with Crippen molar-refractivity contribution in [2.75, 3.05) is 76.5 Å². The molecule has 2 aliphatic heterocycles. The van der Waals surface area contributed by atoms with E-state index in [-0.39, 0.29) is 34.5 Å². The number of halogens is 1. The zero-order chi connectivity index (χ0) is 27.3. The Morgan fingerprint density at radius 2 is 1.71 bits per heavy atom. The van der Waals surface area contributed by atoms with Crippen LogP contribution in [-0.2, 0) is 19.5 Å². The van der Waals surface area contributed by atoms with Crippen LogP contribution in [0.3, 0.4) is 0 Å². The van der Waals surface area contributed by atoms with Crippen molar-refractivity contribution in [1.29, 1.82) is 0 Å². The number of rotatable bonds is 9. The number of nitrogens with one attached hydrogen (secondary N) is 1. The molecular formula is C26H34ClN3O7S. The summed E-state index contributed by atoms with van der Waals surface area (Å²) in [7, 11) is -2.29. The lowest BCUT2D eigenvalue weighted by Crippen LogP contribution is -2.40. The van der Waals surface area contributed by atoms with Gasteiger partial charge in [0.1, 0.15) is 0 Å². The molecule has 0 atom stereocenters. The van der Waals surface area contributed by atoms with Crippen LogP contribution in [0, 0.1) is 5.92 Å². The molecule has 0 spiro atoms. The van der Waals surface area contributed by atoms with E-state index in [0.29, 0.717) is 69.0 Å². The van der Waals surface area contributed by atoms with Gasteiger partial charge in [0.05, 0.1) is 61.4 Å². The molecule has 0 radical (unpaired) electrons. The molecule has 12 heteroatoms. The molecule has 0 bridgehead atoms. The zero-order valence-electron chi connectivity index (χ0n) is 21.9. The first-order valence-corrected chi connectivity index (χ1v) is 14.4. The normalized spacial score (nSPS) is 16.9. The third-order valence-corrected chi connectivity index (χ3v) is 8.40. The van der Waals surface area contributed by atoms with Crippen molar-refractivity contribution in [3.05, 3.63) is 40.9 Å². The minimum absolute atomic E-state index is 0.0970. The van der Waals surface area contributed by atoms with E-state index in [0.717, 1.165) is 0 Å². The second-order valence-corrected chi connectivity index (χ2v) is 11.8. The molecule has 4 rings (SSSR count). The first kappa shape index (κ1) is 28.4. The second-order valence-electron chi connectivity index (χ2n) is 9.44. The van der Waals surface area contributed by atoms with Gasteiger partial charge in [-0.1, -0.05) is 25.4 Å². The van der Waals surface area contributed by atoms with Crippen molar-refractivity contribution in [2.45, 2.75) is 18.7 Å². The van der Waals surface area contributed by atoms with Gasteiger partial charge in [-0.15, -0.1) is 0 Å². The number of carbonyl (C=O) groups excluding carboxylic acids is 1. The van der Waals surface area contributed by atoms with Crippen molar-refractivity contribution < 1.29 is 32.2 Å². The number of ether oxygens (including phenoxy) is 4. The Balaban J connectivity index is 1.67. The van der Waals surface area contributed by atoms with Gasteiger partial charge in [0.25, 0.3) is 5.91 Å².